The lowest BCUT2D eigenvalue weighted by molar-refractivity contribution is -0.142. The average molecular weight is 319 g/mol. The van der Waals surface area contributed by atoms with Gasteiger partial charge in [0.25, 0.3) is 0 Å². The number of hydrogen-bond acceptors (Lipinski definition) is 7. The van der Waals surface area contributed by atoms with Gasteiger partial charge in [-0.25, -0.2) is 9.97 Å². The highest BCUT2D eigenvalue weighted by Gasteiger charge is 2.10. The van der Waals surface area contributed by atoms with Crippen molar-refractivity contribution in [1.29, 1.82) is 0 Å². The van der Waals surface area contributed by atoms with Gasteiger partial charge in [0.15, 0.2) is 10.3 Å². The van der Waals surface area contributed by atoms with E-state index < -0.39 is 0 Å². The minimum absolute atomic E-state index is 0.200. The zero-order chi connectivity index (χ0) is 14.7. The van der Waals surface area contributed by atoms with E-state index in [1.54, 1.807) is 18.3 Å². The molecule has 1 N–H and O–H groups in total. The first kappa shape index (κ1) is 14.0. The van der Waals surface area contributed by atoms with Crippen molar-refractivity contribution in [2.24, 2.45) is 0 Å². The number of carbonyl (C=O) groups excluding carboxylic acids is 1. The Balaban J connectivity index is 1.70. The Morgan fingerprint density at radius 2 is 2.14 bits per heavy atom. The molecular weight excluding hydrogens is 306 g/mol. The molecule has 0 unspecified atom stereocenters. The van der Waals surface area contributed by atoms with Gasteiger partial charge in [0.05, 0.1) is 28.9 Å². The SMILES string of the molecule is CCOC(=O)Cc1csc(Nc2nc3ccccc3s2)n1. The van der Waals surface area contributed by atoms with Crippen LogP contribution >= 0.6 is 22.7 Å². The third-order valence-electron chi connectivity index (χ3n) is 2.69. The highest BCUT2D eigenvalue weighted by atomic mass is 32.1. The summed E-state index contributed by atoms with van der Waals surface area (Å²) >= 11 is 3.03. The fourth-order valence-corrected chi connectivity index (χ4v) is 3.46. The second-order valence-corrected chi connectivity index (χ2v) is 6.13. The largest absolute Gasteiger partial charge is 0.466 e. The second-order valence-electron chi connectivity index (χ2n) is 4.24. The maximum atomic E-state index is 11.4. The lowest BCUT2D eigenvalue weighted by Gasteiger charge is -1.98. The standard InChI is InChI=1S/C14H13N3O2S2/c1-2-19-12(18)7-9-8-20-13(15-9)17-14-16-10-5-3-4-6-11(10)21-14/h3-6,8H,2,7H2,1H3,(H,15,16,17). The molecule has 1 aromatic carbocycles. The monoisotopic (exact) mass is 319 g/mol. The number of aromatic nitrogens is 2. The van der Waals surface area contributed by atoms with Crippen LogP contribution in [0.1, 0.15) is 12.6 Å². The molecule has 0 aliphatic heterocycles. The first-order chi connectivity index (χ1) is 10.2. The van der Waals surface area contributed by atoms with Crippen LogP contribution in [-0.4, -0.2) is 22.5 Å². The van der Waals surface area contributed by atoms with Crippen molar-refractivity contribution in [3.63, 3.8) is 0 Å². The van der Waals surface area contributed by atoms with Gasteiger partial charge in [-0.15, -0.1) is 11.3 Å². The van der Waals surface area contributed by atoms with E-state index in [0.717, 1.165) is 20.5 Å². The van der Waals surface area contributed by atoms with Crippen LogP contribution < -0.4 is 5.32 Å². The summed E-state index contributed by atoms with van der Waals surface area (Å²) in [4.78, 5) is 20.3. The predicted molar refractivity (Wildman–Crippen MR) is 85.4 cm³/mol. The molecule has 0 aliphatic rings. The number of carbonyl (C=O) groups is 1. The summed E-state index contributed by atoms with van der Waals surface area (Å²) in [6, 6.07) is 7.97. The topological polar surface area (TPSA) is 64.1 Å². The molecular formula is C14H13N3O2S2. The van der Waals surface area contributed by atoms with Gasteiger partial charge in [0.2, 0.25) is 0 Å². The molecule has 21 heavy (non-hydrogen) atoms. The van der Waals surface area contributed by atoms with Crippen molar-refractivity contribution in [2.75, 3.05) is 11.9 Å². The second kappa shape index (κ2) is 6.19. The fraction of sp³-hybridized carbons (Fsp3) is 0.214. The Hall–Kier alpha value is -1.99. The van der Waals surface area contributed by atoms with Gasteiger partial charge in [0, 0.05) is 5.38 Å². The molecule has 0 amide bonds. The predicted octanol–water partition coefficient (Wildman–Crippen LogP) is 3.60. The number of hydrogen-bond donors (Lipinski definition) is 1. The molecule has 0 spiro atoms. The number of nitrogens with one attached hydrogen (secondary N) is 1. The van der Waals surface area contributed by atoms with Crippen LogP contribution in [0.15, 0.2) is 29.6 Å². The van der Waals surface area contributed by atoms with Gasteiger partial charge in [-0.05, 0) is 19.1 Å². The lowest BCUT2D eigenvalue weighted by atomic mass is 10.3. The molecule has 0 saturated carbocycles. The van der Waals surface area contributed by atoms with Gasteiger partial charge < -0.3 is 10.1 Å². The number of esters is 1. The van der Waals surface area contributed by atoms with E-state index in [0.29, 0.717) is 12.3 Å². The number of nitrogens with zero attached hydrogens (tertiary/aromatic N) is 2. The minimum Gasteiger partial charge on any atom is -0.466 e. The maximum Gasteiger partial charge on any atom is 0.311 e. The normalized spacial score (nSPS) is 10.7. The molecule has 2 aromatic heterocycles. The molecule has 3 aromatic rings. The summed E-state index contributed by atoms with van der Waals surface area (Å²) in [5, 5.41) is 6.56. The number of benzene rings is 1. The zero-order valence-corrected chi connectivity index (χ0v) is 13.0. The Labute approximate surface area is 129 Å². The van der Waals surface area contributed by atoms with Crippen molar-refractivity contribution >= 4 is 49.1 Å². The summed E-state index contributed by atoms with van der Waals surface area (Å²) in [6.07, 6.45) is 0.200. The van der Waals surface area contributed by atoms with E-state index >= 15 is 0 Å². The summed E-state index contributed by atoms with van der Waals surface area (Å²) in [6.45, 7) is 2.18. The molecule has 7 heteroatoms. The van der Waals surface area contributed by atoms with Gasteiger partial charge in [-0.2, -0.15) is 0 Å². The molecule has 0 saturated heterocycles. The van der Waals surface area contributed by atoms with Crippen LogP contribution in [0.2, 0.25) is 0 Å². The summed E-state index contributed by atoms with van der Waals surface area (Å²) in [5.41, 5.74) is 1.68. The summed E-state index contributed by atoms with van der Waals surface area (Å²) < 4.78 is 6.04. The number of rotatable bonds is 5. The molecule has 3 rings (SSSR count). The molecule has 0 radical (unpaired) electrons. The van der Waals surface area contributed by atoms with Gasteiger partial charge in [0.1, 0.15) is 0 Å². The molecule has 5 nitrogen and oxygen atoms in total. The number of fused-ring (bicyclic) bond motifs is 1. The Morgan fingerprint density at radius 3 is 2.95 bits per heavy atom. The van der Waals surface area contributed by atoms with E-state index in [4.69, 9.17) is 4.74 Å². The zero-order valence-electron chi connectivity index (χ0n) is 11.3. The van der Waals surface area contributed by atoms with E-state index in [2.05, 4.69) is 15.3 Å². The Morgan fingerprint density at radius 1 is 1.29 bits per heavy atom. The fourth-order valence-electron chi connectivity index (χ4n) is 1.82. The first-order valence-electron chi connectivity index (χ1n) is 6.47. The number of ether oxygens (including phenoxy) is 1. The maximum absolute atomic E-state index is 11.4. The van der Waals surface area contributed by atoms with E-state index in [1.807, 2.05) is 29.6 Å². The van der Waals surface area contributed by atoms with Crippen molar-refractivity contribution in [3.05, 3.63) is 35.3 Å². The molecule has 0 bridgehead atoms. The smallest absolute Gasteiger partial charge is 0.311 e. The van der Waals surface area contributed by atoms with Crippen molar-refractivity contribution < 1.29 is 9.53 Å². The van der Waals surface area contributed by atoms with Crippen LogP contribution in [0, 0.1) is 0 Å². The van der Waals surface area contributed by atoms with Crippen LogP contribution in [0.5, 0.6) is 0 Å². The third-order valence-corrected chi connectivity index (χ3v) is 4.45. The summed E-state index contributed by atoms with van der Waals surface area (Å²) in [5.74, 6) is -0.255. The number of para-hydroxylation sites is 1. The minimum atomic E-state index is -0.255. The van der Waals surface area contributed by atoms with Crippen LogP contribution in [0.3, 0.4) is 0 Å². The number of thiazole rings is 2. The van der Waals surface area contributed by atoms with Crippen LogP contribution in [-0.2, 0) is 16.0 Å². The molecule has 108 valence electrons. The van der Waals surface area contributed by atoms with Crippen LogP contribution in [0.4, 0.5) is 10.3 Å². The van der Waals surface area contributed by atoms with E-state index in [1.165, 1.54) is 11.3 Å². The van der Waals surface area contributed by atoms with Crippen molar-refractivity contribution in [2.45, 2.75) is 13.3 Å². The molecule has 0 aliphatic carbocycles. The number of anilines is 2. The highest BCUT2D eigenvalue weighted by molar-refractivity contribution is 7.22. The van der Waals surface area contributed by atoms with Gasteiger partial charge in [-0.1, -0.05) is 23.5 Å². The quantitative estimate of drug-likeness (QED) is 0.728. The van der Waals surface area contributed by atoms with E-state index in [-0.39, 0.29) is 12.4 Å². The molecule has 2 heterocycles. The van der Waals surface area contributed by atoms with Gasteiger partial charge >= 0.3 is 5.97 Å². The Kier molecular flexibility index (Phi) is 4.12. The van der Waals surface area contributed by atoms with E-state index in [9.17, 15) is 4.79 Å². The van der Waals surface area contributed by atoms with Crippen LogP contribution in [0.25, 0.3) is 10.2 Å². The highest BCUT2D eigenvalue weighted by Crippen LogP contribution is 2.29. The third kappa shape index (κ3) is 3.37. The van der Waals surface area contributed by atoms with Gasteiger partial charge in [-0.3, -0.25) is 4.79 Å². The lowest BCUT2D eigenvalue weighted by Crippen LogP contribution is -2.07. The average Bonchev–Trinajstić information content (AvgIpc) is 3.05. The Bertz CT molecular complexity index is 733. The molecule has 0 fully saturated rings. The molecule has 0 atom stereocenters. The van der Waals surface area contributed by atoms with Crippen molar-refractivity contribution in [1.82, 2.24) is 9.97 Å². The van der Waals surface area contributed by atoms with Crippen molar-refractivity contribution in [3.8, 4) is 0 Å². The summed E-state index contributed by atoms with van der Waals surface area (Å²) in [7, 11) is 0. The first-order valence-corrected chi connectivity index (χ1v) is 8.17.